The molecule has 0 saturated carbocycles. The maximum Gasteiger partial charge on any atom is 0.419 e. The maximum absolute atomic E-state index is 13.1. The Bertz CT molecular complexity index is 573. The van der Waals surface area contributed by atoms with Crippen LogP contribution in [0.15, 0.2) is 48.7 Å². The smallest absolute Gasteiger partial charge is 0.351 e. The highest BCUT2D eigenvalue weighted by molar-refractivity contribution is 6.18. The molecule has 2 aromatic rings. The van der Waals surface area contributed by atoms with Crippen molar-refractivity contribution in [2.24, 2.45) is 0 Å². The SMILES string of the molecule is FC(F)(F)c1cccnc1N(CCCl)Cc1ccccc1. The first-order valence-electron chi connectivity index (χ1n) is 6.39. The third-order valence-corrected chi connectivity index (χ3v) is 3.13. The van der Waals surface area contributed by atoms with E-state index in [9.17, 15) is 13.2 Å². The molecule has 0 bridgehead atoms. The first-order valence-corrected chi connectivity index (χ1v) is 6.93. The summed E-state index contributed by atoms with van der Waals surface area (Å²) in [5.74, 6) is 0.134. The van der Waals surface area contributed by atoms with E-state index >= 15 is 0 Å². The molecule has 2 rings (SSSR count). The Hall–Kier alpha value is -1.75. The Morgan fingerprint density at radius 2 is 1.76 bits per heavy atom. The zero-order valence-corrected chi connectivity index (χ0v) is 11.9. The second kappa shape index (κ2) is 6.80. The minimum atomic E-state index is -4.44. The fourth-order valence-corrected chi connectivity index (χ4v) is 2.24. The zero-order chi connectivity index (χ0) is 15.3. The monoisotopic (exact) mass is 314 g/mol. The summed E-state index contributed by atoms with van der Waals surface area (Å²) in [7, 11) is 0. The lowest BCUT2D eigenvalue weighted by Crippen LogP contribution is -2.28. The van der Waals surface area contributed by atoms with Crippen LogP contribution in [-0.2, 0) is 12.7 Å². The molecule has 0 aliphatic rings. The highest BCUT2D eigenvalue weighted by atomic mass is 35.5. The number of pyridine rings is 1. The molecular weight excluding hydrogens is 301 g/mol. The van der Waals surface area contributed by atoms with Crippen molar-refractivity contribution in [3.05, 3.63) is 59.8 Å². The molecule has 0 unspecified atom stereocenters. The van der Waals surface area contributed by atoms with Crippen molar-refractivity contribution in [2.75, 3.05) is 17.3 Å². The zero-order valence-electron chi connectivity index (χ0n) is 11.1. The van der Waals surface area contributed by atoms with Gasteiger partial charge in [-0.3, -0.25) is 0 Å². The van der Waals surface area contributed by atoms with Crippen molar-refractivity contribution in [1.82, 2.24) is 4.98 Å². The van der Waals surface area contributed by atoms with E-state index < -0.39 is 11.7 Å². The largest absolute Gasteiger partial charge is 0.419 e. The summed E-state index contributed by atoms with van der Waals surface area (Å²) in [4.78, 5) is 5.45. The number of benzene rings is 1. The number of hydrogen-bond acceptors (Lipinski definition) is 2. The second-order valence-electron chi connectivity index (χ2n) is 4.47. The number of halogens is 4. The standard InChI is InChI=1S/C15H14ClF3N2/c16-8-10-21(11-12-5-2-1-3-6-12)14-13(15(17,18)19)7-4-9-20-14/h1-7,9H,8,10-11H2. The van der Waals surface area contributed by atoms with Gasteiger partial charge in [0.1, 0.15) is 5.82 Å². The lowest BCUT2D eigenvalue weighted by molar-refractivity contribution is -0.137. The van der Waals surface area contributed by atoms with Crippen LogP contribution < -0.4 is 4.90 Å². The molecule has 0 saturated heterocycles. The van der Waals surface area contributed by atoms with Crippen LogP contribution in [0.4, 0.5) is 19.0 Å². The molecular formula is C15H14ClF3N2. The lowest BCUT2D eigenvalue weighted by Gasteiger charge is -2.25. The number of hydrogen-bond donors (Lipinski definition) is 0. The van der Waals surface area contributed by atoms with Crippen molar-refractivity contribution in [3.63, 3.8) is 0 Å². The molecule has 0 N–H and O–H groups in total. The van der Waals surface area contributed by atoms with Gasteiger partial charge in [0.2, 0.25) is 0 Å². The fraction of sp³-hybridized carbons (Fsp3) is 0.267. The van der Waals surface area contributed by atoms with Crippen molar-refractivity contribution >= 4 is 17.4 Å². The average molecular weight is 315 g/mol. The van der Waals surface area contributed by atoms with E-state index in [1.807, 2.05) is 30.3 Å². The first kappa shape index (κ1) is 15.6. The van der Waals surface area contributed by atoms with Gasteiger partial charge in [0, 0.05) is 25.2 Å². The van der Waals surface area contributed by atoms with Gasteiger partial charge in [-0.25, -0.2) is 4.98 Å². The van der Waals surface area contributed by atoms with Gasteiger partial charge < -0.3 is 4.90 Å². The lowest BCUT2D eigenvalue weighted by atomic mass is 10.2. The van der Waals surface area contributed by atoms with E-state index in [0.29, 0.717) is 6.54 Å². The molecule has 0 spiro atoms. The molecule has 112 valence electrons. The minimum absolute atomic E-state index is 0.0884. The third kappa shape index (κ3) is 4.11. The number of nitrogens with zero attached hydrogens (tertiary/aromatic N) is 2. The molecule has 2 nitrogen and oxygen atoms in total. The van der Waals surface area contributed by atoms with E-state index in [0.717, 1.165) is 11.6 Å². The van der Waals surface area contributed by atoms with Crippen LogP contribution in [0.5, 0.6) is 0 Å². The topological polar surface area (TPSA) is 16.1 Å². The molecule has 0 aliphatic heterocycles. The molecule has 6 heteroatoms. The maximum atomic E-state index is 13.1. The van der Waals surface area contributed by atoms with Crippen LogP contribution in [0.3, 0.4) is 0 Å². The van der Waals surface area contributed by atoms with Crippen molar-refractivity contribution < 1.29 is 13.2 Å². The molecule has 1 aromatic heterocycles. The fourth-order valence-electron chi connectivity index (χ4n) is 2.04. The number of alkyl halides is 4. The van der Waals surface area contributed by atoms with Gasteiger partial charge in [-0.05, 0) is 17.7 Å². The predicted molar refractivity (Wildman–Crippen MR) is 77.5 cm³/mol. The molecule has 1 aromatic carbocycles. The molecule has 0 amide bonds. The van der Waals surface area contributed by atoms with E-state index in [4.69, 9.17) is 11.6 Å². The molecule has 1 heterocycles. The van der Waals surface area contributed by atoms with Crippen molar-refractivity contribution in [2.45, 2.75) is 12.7 Å². The van der Waals surface area contributed by atoms with E-state index in [-0.39, 0.29) is 18.2 Å². The minimum Gasteiger partial charge on any atom is -0.351 e. The summed E-state index contributed by atoms with van der Waals surface area (Å²) in [6, 6.07) is 11.6. The quantitative estimate of drug-likeness (QED) is 0.763. The Morgan fingerprint density at radius 3 is 2.38 bits per heavy atom. The number of aromatic nitrogens is 1. The highest BCUT2D eigenvalue weighted by Gasteiger charge is 2.35. The van der Waals surface area contributed by atoms with Crippen LogP contribution in [0.25, 0.3) is 0 Å². The third-order valence-electron chi connectivity index (χ3n) is 2.96. The summed E-state index contributed by atoms with van der Waals surface area (Å²) < 4.78 is 39.3. The van der Waals surface area contributed by atoms with Gasteiger partial charge in [0.25, 0.3) is 0 Å². The summed E-state index contributed by atoms with van der Waals surface area (Å²) in [5, 5.41) is 0. The summed E-state index contributed by atoms with van der Waals surface area (Å²) in [6.07, 6.45) is -3.08. The van der Waals surface area contributed by atoms with Crippen LogP contribution in [0.2, 0.25) is 0 Å². The summed E-state index contributed by atoms with van der Waals surface area (Å²) in [6.45, 7) is 0.615. The summed E-state index contributed by atoms with van der Waals surface area (Å²) >= 11 is 5.73. The average Bonchev–Trinajstić information content (AvgIpc) is 2.47. The second-order valence-corrected chi connectivity index (χ2v) is 4.85. The van der Waals surface area contributed by atoms with Gasteiger partial charge in [-0.2, -0.15) is 13.2 Å². The van der Waals surface area contributed by atoms with Crippen LogP contribution in [0.1, 0.15) is 11.1 Å². The first-order chi connectivity index (χ1) is 10.0. The van der Waals surface area contributed by atoms with Gasteiger partial charge >= 0.3 is 6.18 Å². The van der Waals surface area contributed by atoms with Gasteiger partial charge in [0.05, 0.1) is 5.56 Å². The number of anilines is 1. The van der Waals surface area contributed by atoms with Gasteiger partial charge in [0.15, 0.2) is 0 Å². The molecule has 0 atom stereocenters. The Balaban J connectivity index is 2.35. The van der Waals surface area contributed by atoms with Gasteiger partial charge in [-0.1, -0.05) is 30.3 Å². The predicted octanol–water partition coefficient (Wildman–Crippen LogP) is 4.35. The molecule has 21 heavy (non-hydrogen) atoms. The normalized spacial score (nSPS) is 11.4. The molecule has 0 fully saturated rings. The molecule has 0 aliphatic carbocycles. The van der Waals surface area contributed by atoms with Crippen LogP contribution in [0, 0.1) is 0 Å². The van der Waals surface area contributed by atoms with Crippen LogP contribution >= 0.6 is 11.6 Å². The Labute approximate surface area is 126 Å². The van der Waals surface area contributed by atoms with Gasteiger partial charge in [-0.15, -0.1) is 11.6 Å². The Morgan fingerprint density at radius 1 is 1.05 bits per heavy atom. The van der Waals surface area contributed by atoms with Crippen molar-refractivity contribution in [1.29, 1.82) is 0 Å². The van der Waals surface area contributed by atoms with E-state index in [1.165, 1.54) is 12.3 Å². The number of rotatable bonds is 5. The van der Waals surface area contributed by atoms with Crippen molar-refractivity contribution in [3.8, 4) is 0 Å². The van der Waals surface area contributed by atoms with Crippen LogP contribution in [-0.4, -0.2) is 17.4 Å². The van der Waals surface area contributed by atoms with E-state index in [1.54, 1.807) is 4.90 Å². The molecule has 0 radical (unpaired) electrons. The Kier molecular flexibility index (Phi) is 5.07. The highest BCUT2D eigenvalue weighted by Crippen LogP contribution is 2.35. The van der Waals surface area contributed by atoms with E-state index in [2.05, 4.69) is 4.98 Å². The summed E-state index contributed by atoms with van der Waals surface area (Å²) in [5.41, 5.74) is 0.160.